The molecular weight excluding hydrogens is 181 g/mol. The molecular formula is C7H4FNO2S. The van der Waals surface area contributed by atoms with Crippen molar-refractivity contribution in [2.24, 2.45) is 4.40 Å². The summed E-state index contributed by atoms with van der Waals surface area (Å²) in [6, 6.07) is 5.07. The van der Waals surface area contributed by atoms with Gasteiger partial charge in [0.15, 0.2) is 4.90 Å². The van der Waals surface area contributed by atoms with Gasteiger partial charge < -0.3 is 4.55 Å². The summed E-state index contributed by atoms with van der Waals surface area (Å²) >= 11 is -1.83. The Balaban J connectivity index is 2.94. The number of hydrogen-bond donors (Lipinski definition) is 0. The Bertz CT molecular complexity index is 325. The van der Waals surface area contributed by atoms with Crippen molar-refractivity contribution in [1.82, 2.24) is 0 Å². The molecule has 0 N–H and O–H groups in total. The Hall–Kier alpha value is -1.16. The lowest BCUT2D eigenvalue weighted by Gasteiger charge is -1.98. The van der Waals surface area contributed by atoms with Crippen molar-refractivity contribution in [3.63, 3.8) is 0 Å². The smallest absolute Gasteiger partial charge is 0.289 e. The van der Waals surface area contributed by atoms with Crippen LogP contribution in [0.2, 0.25) is 0 Å². The Morgan fingerprint density at radius 3 is 2.92 bits per heavy atom. The maximum Gasteiger partial charge on any atom is 0.289 e. The van der Waals surface area contributed by atoms with Gasteiger partial charge in [0, 0.05) is 10.5 Å². The van der Waals surface area contributed by atoms with Crippen LogP contribution in [-0.2, 0) is 16.2 Å². The minimum absolute atomic E-state index is 0.151. The topological polar surface area (TPSA) is 52.5 Å². The number of halogens is 1. The number of rotatable bonds is 2. The van der Waals surface area contributed by atoms with Crippen molar-refractivity contribution in [3.8, 4) is 0 Å². The molecule has 1 unspecified atom stereocenters. The summed E-state index contributed by atoms with van der Waals surface area (Å²) in [5.41, 5.74) is 0. The Morgan fingerprint density at radius 1 is 1.58 bits per heavy atom. The van der Waals surface area contributed by atoms with Gasteiger partial charge in [0.1, 0.15) is 17.2 Å². The van der Waals surface area contributed by atoms with Crippen LogP contribution in [-0.4, -0.2) is 10.6 Å². The van der Waals surface area contributed by atoms with Crippen LogP contribution in [0.4, 0.5) is 4.39 Å². The maximum absolute atomic E-state index is 12.5. The van der Waals surface area contributed by atoms with E-state index >= 15 is 0 Å². The zero-order valence-corrected chi connectivity index (χ0v) is 6.68. The lowest BCUT2D eigenvalue weighted by molar-refractivity contribution is 0.563. The molecule has 12 heavy (non-hydrogen) atoms. The monoisotopic (exact) mass is 185 g/mol. The fourth-order valence-electron chi connectivity index (χ4n) is 0.662. The summed E-state index contributed by atoms with van der Waals surface area (Å²) in [6.07, 6.45) is 1.14. The molecule has 0 heterocycles. The van der Waals surface area contributed by atoms with E-state index in [0.29, 0.717) is 0 Å². The van der Waals surface area contributed by atoms with Gasteiger partial charge in [0.05, 0.1) is 0 Å². The van der Waals surface area contributed by atoms with Crippen molar-refractivity contribution in [2.75, 3.05) is 0 Å². The molecule has 0 fully saturated rings. The van der Waals surface area contributed by atoms with Gasteiger partial charge >= 0.3 is 0 Å². The molecule has 0 aromatic heterocycles. The predicted molar refractivity (Wildman–Crippen MR) is 40.9 cm³/mol. The molecule has 0 bridgehead atoms. The van der Waals surface area contributed by atoms with Crippen LogP contribution >= 0.6 is 0 Å². The zero-order valence-electron chi connectivity index (χ0n) is 5.86. The molecule has 0 saturated carbocycles. The molecule has 3 nitrogen and oxygen atoms in total. The maximum atomic E-state index is 12.5. The SMILES string of the molecule is O=C=N[S+]([O-])c1cccc(F)c1. The first kappa shape index (κ1) is 8.93. The highest BCUT2D eigenvalue weighted by Crippen LogP contribution is 2.12. The average Bonchev–Trinajstić information content (AvgIpc) is 2.05. The highest BCUT2D eigenvalue weighted by atomic mass is 32.2. The quantitative estimate of drug-likeness (QED) is 0.394. The Morgan fingerprint density at radius 2 is 2.33 bits per heavy atom. The van der Waals surface area contributed by atoms with Crippen LogP contribution in [0.25, 0.3) is 0 Å². The predicted octanol–water partition coefficient (Wildman–Crippen LogP) is 1.18. The first-order chi connectivity index (χ1) is 5.74. The number of hydrogen-bond acceptors (Lipinski definition) is 3. The van der Waals surface area contributed by atoms with Crippen molar-refractivity contribution in [1.29, 1.82) is 0 Å². The fraction of sp³-hybridized carbons (Fsp3) is 0. The molecule has 0 aliphatic heterocycles. The van der Waals surface area contributed by atoms with Crippen LogP contribution in [0.5, 0.6) is 0 Å². The second kappa shape index (κ2) is 4.01. The molecule has 1 rings (SSSR count). The highest BCUT2D eigenvalue weighted by molar-refractivity contribution is 7.90. The summed E-state index contributed by atoms with van der Waals surface area (Å²) < 4.78 is 26.3. The van der Waals surface area contributed by atoms with Gasteiger partial charge in [-0.2, -0.15) is 0 Å². The van der Waals surface area contributed by atoms with Crippen LogP contribution in [0.15, 0.2) is 33.6 Å². The number of nitrogens with zero attached hydrogens (tertiary/aromatic N) is 1. The van der Waals surface area contributed by atoms with Crippen molar-refractivity contribution < 1.29 is 13.7 Å². The Kier molecular flexibility index (Phi) is 2.99. The second-order valence-corrected chi connectivity index (χ2v) is 3.04. The van der Waals surface area contributed by atoms with E-state index in [-0.39, 0.29) is 4.90 Å². The average molecular weight is 185 g/mol. The molecule has 1 aromatic carbocycles. The minimum Gasteiger partial charge on any atom is -0.585 e. The lowest BCUT2D eigenvalue weighted by atomic mass is 10.4. The highest BCUT2D eigenvalue weighted by Gasteiger charge is 2.10. The van der Waals surface area contributed by atoms with Gasteiger partial charge in [-0.25, -0.2) is 9.18 Å². The molecule has 62 valence electrons. The first-order valence-electron chi connectivity index (χ1n) is 2.99. The summed E-state index contributed by atoms with van der Waals surface area (Å²) in [7, 11) is 0. The van der Waals surface area contributed by atoms with Crippen molar-refractivity contribution in [2.45, 2.75) is 4.90 Å². The minimum atomic E-state index is -1.83. The van der Waals surface area contributed by atoms with E-state index in [4.69, 9.17) is 0 Å². The third-order valence-corrected chi connectivity index (χ3v) is 2.02. The van der Waals surface area contributed by atoms with E-state index in [1.807, 2.05) is 0 Å². The van der Waals surface area contributed by atoms with E-state index in [1.54, 1.807) is 0 Å². The molecule has 5 heteroatoms. The van der Waals surface area contributed by atoms with Gasteiger partial charge in [-0.3, -0.25) is 0 Å². The van der Waals surface area contributed by atoms with Crippen LogP contribution in [0, 0.1) is 5.82 Å². The summed E-state index contributed by atoms with van der Waals surface area (Å²) in [4.78, 5) is 9.85. The number of isocyanates is 1. The van der Waals surface area contributed by atoms with Crippen LogP contribution < -0.4 is 0 Å². The molecule has 1 atom stereocenters. The van der Waals surface area contributed by atoms with E-state index in [0.717, 1.165) is 12.1 Å². The molecule has 0 aliphatic rings. The van der Waals surface area contributed by atoms with E-state index < -0.39 is 17.2 Å². The summed E-state index contributed by atoms with van der Waals surface area (Å²) in [5.74, 6) is -0.512. The lowest BCUT2D eigenvalue weighted by Crippen LogP contribution is -1.96. The summed E-state index contributed by atoms with van der Waals surface area (Å²) in [5, 5.41) is 0. The standard InChI is InChI=1S/C7H4FNO2S/c8-6-2-1-3-7(4-6)12(11)9-5-10/h1-4H. The van der Waals surface area contributed by atoms with E-state index in [1.165, 1.54) is 18.2 Å². The van der Waals surface area contributed by atoms with Crippen LogP contribution in [0.1, 0.15) is 0 Å². The molecule has 0 radical (unpaired) electrons. The van der Waals surface area contributed by atoms with Gasteiger partial charge in [-0.05, 0) is 12.1 Å². The molecule has 0 saturated heterocycles. The molecule has 1 aromatic rings. The summed E-state index contributed by atoms with van der Waals surface area (Å²) in [6.45, 7) is 0. The Labute approximate surface area is 71.2 Å². The van der Waals surface area contributed by atoms with Crippen molar-refractivity contribution >= 4 is 17.4 Å². The third kappa shape index (κ3) is 2.17. The molecule has 0 amide bonds. The van der Waals surface area contributed by atoms with Gasteiger partial charge in [-0.1, -0.05) is 6.07 Å². The van der Waals surface area contributed by atoms with Gasteiger partial charge in [-0.15, -0.1) is 0 Å². The zero-order chi connectivity index (χ0) is 8.97. The molecule has 0 aliphatic carbocycles. The van der Waals surface area contributed by atoms with Gasteiger partial charge in [0.25, 0.3) is 6.08 Å². The number of carbonyl (C=O) groups excluding carboxylic acids is 1. The second-order valence-electron chi connectivity index (χ2n) is 1.89. The largest absolute Gasteiger partial charge is 0.585 e. The third-order valence-electron chi connectivity index (χ3n) is 1.12. The van der Waals surface area contributed by atoms with Crippen LogP contribution in [0.3, 0.4) is 0 Å². The van der Waals surface area contributed by atoms with Crippen molar-refractivity contribution in [3.05, 3.63) is 30.1 Å². The first-order valence-corrected chi connectivity index (χ1v) is 4.10. The molecule has 0 spiro atoms. The van der Waals surface area contributed by atoms with E-state index in [9.17, 15) is 13.7 Å². The fourth-order valence-corrected chi connectivity index (χ4v) is 1.24. The van der Waals surface area contributed by atoms with Gasteiger partial charge in [0.2, 0.25) is 0 Å². The van der Waals surface area contributed by atoms with E-state index in [2.05, 4.69) is 4.40 Å². The number of benzene rings is 1. The normalized spacial score (nSPS) is 11.8.